The molecule has 1 heterocycles. The molecule has 6 nitrogen and oxygen atoms in total. The molecule has 1 rings (SSSR count). The van der Waals surface area contributed by atoms with E-state index >= 15 is 0 Å². The van der Waals surface area contributed by atoms with E-state index in [2.05, 4.69) is 17.6 Å². The second-order valence-electron chi connectivity index (χ2n) is 5.08. The first kappa shape index (κ1) is 15.9. The van der Waals surface area contributed by atoms with Crippen molar-refractivity contribution in [1.82, 2.24) is 10.6 Å². The molecule has 1 fully saturated rings. The highest BCUT2D eigenvalue weighted by Gasteiger charge is 2.38. The summed E-state index contributed by atoms with van der Waals surface area (Å²) in [6.45, 7) is 3.67. The van der Waals surface area contributed by atoms with Crippen LogP contribution in [0.4, 0.5) is 0 Å². The van der Waals surface area contributed by atoms with Crippen LogP contribution in [0, 0.1) is 5.41 Å². The minimum absolute atomic E-state index is 0.0101. The van der Waals surface area contributed by atoms with Crippen LogP contribution in [0.3, 0.4) is 0 Å². The van der Waals surface area contributed by atoms with Crippen LogP contribution in [0.1, 0.15) is 32.6 Å². The summed E-state index contributed by atoms with van der Waals surface area (Å²) < 4.78 is 4.81. The molecular weight excluding hydrogens is 248 g/mol. The highest BCUT2D eigenvalue weighted by molar-refractivity contribution is 5.84. The van der Waals surface area contributed by atoms with Gasteiger partial charge in [-0.1, -0.05) is 13.3 Å². The molecule has 6 heteroatoms. The number of hydrogen-bond donors (Lipinski definition) is 3. The number of carboxylic acids is 1. The van der Waals surface area contributed by atoms with Gasteiger partial charge in [0.15, 0.2) is 6.10 Å². The quantitative estimate of drug-likeness (QED) is 0.623. The molecule has 1 amide bonds. The van der Waals surface area contributed by atoms with E-state index in [1.54, 1.807) is 0 Å². The standard InChI is InChI=1S/C13H24N2O4/c1-3-5-13(6-4-7-14-9-13)12(18)15-8-10(19-2)11(16)17/h10,14H,3-9H2,1-2H3,(H,15,18)(H,16,17). The topological polar surface area (TPSA) is 87.7 Å². The van der Waals surface area contributed by atoms with Crippen LogP contribution >= 0.6 is 0 Å². The Morgan fingerprint density at radius 3 is 2.74 bits per heavy atom. The first-order valence-corrected chi connectivity index (χ1v) is 6.80. The van der Waals surface area contributed by atoms with Crippen LogP contribution < -0.4 is 10.6 Å². The summed E-state index contributed by atoms with van der Waals surface area (Å²) in [5.41, 5.74) is -0.399. The van der Waals surface area contributed by atoms with Crippen molar-refractivity contribution in [2.45, 2.75) is 38.7 Å². The van der Waals surface area contributed by atoms with Crippen LogP contribution in [0.5, 0.6) is 0 Å². The molecule has 0 radical (unpaired) electrons. The molecule has 0 aromatic heterocycles. The normalized spacial score (nSPS) is 24.7. The Labute approximate surface area is 113 Å². The second kappa shape index (κ2) is 7.45. The van der Waals surface area contributed by atoms with Gasteiger partial charge in [0.05, 0.1) is 12.0 Å². The number of nitrogens with one attached hydrogen (secondary N) is 2. The van der Waals surface area contributed by atoms with E-state index < -0.39 is 17.5 Å². The van der Waals surface area contributed by atoms with Crippen molar-refractivity contribution in [2.24, 2.45) is 5.41 Å². The lowest BCUT2D eigenvalue weighted by Gasteiger charge is -2.36. The van der Waals surface area contributed by atoms with Crippen molar-refractivity contribution < 1.29 is 19.4 Å². The molecule has 0 aliphatic carbocycles. The lowest BCUT2D eigenvalue weighted by atomic mass is 9.76. The second-order valence-corrected chi connectivity index (χ2v) is 5.08. The Morgan fingerprint density at radius 1 is 1.53 bits per heavy atom. The Bertz CT molecular complexity index is 308. The molecule has 0 aromatic rings. The van der Waals surface area contributed by atoms with E-state index in [1.165, 1.54) is 7.11 Å². The number of piperidine rings is 1. The fourth-order valence-electron chi connectivity index (χ4n) is 2.61. The van der Waals surface area contributed by atoms with Crippen molar-refractivity contribution in [2.75, 3.05) is 26.7 Å². The minimum atomic E-state index is -1.06. The van der Waals surface area contributed by atoms with Gasteiger partial charge in [-0.3, -0.25) is 4.79 Å². The lowest BCUT2D eigenvalue weighted by molar-refractivity contribution is -0.148. The van der Waals surface area contributed by atoms with Crippen LogP contribution in [0.2, 0.25) is 0 Å². The number of rotatable bonds is 7. The highest BCUT2D eigenvalue weighted by Crippen LogP contribution is 2.31. The van der Waals surface area contributed by atoms with Crippen molar-refractivity contribution in [3.8, 4) is 0 Å². The van der Waals surface area contributed by atoms with Gasteiger partial charge in [-0.15, -0.1) is 0 Å². The number of amides is 1. The molecule has 0 bridgehead atoms. The summed E-state index contributed by atoms with van der Waals surface area (Å²) in [6.07, 6.45) is 2.59. The predicted octanol–water partition coefficient (Wildman–Crippen LogP) is 0.372. The minimum Gasteiger partial charge on any atom is -0.479 e. The Balaban J connectivity index is 2.59. The lowest BCUT2D eigenvalue weighted by Crippen LogP contribution is -2.52. The summed E-state index contributed by atoms with van der Waals surface area (Å²) in [7, 11) is 1.33. The van der Waals surface area contributed by atoms with Gasteiger partial charge in [0.1, 0.15) is 0 Å². The third kappa shape index (κ3) is 4.18. The summed E-state index contributed by atoms with van der Waals surface area (Å²) in [6, 6.07) is 0. The highest BCUT2D eigenvalue weighted by atomic mass is 16.5. The van der Waals surface area contributed by atoms with E-state index in [1.807, 2.05) is 0 Å². The summed E-state index contributed by atoms with van der Waals surface area (Å²) in [5.74, 6) is -1.13. The van der Waals surface area contributed by atoms with Crippen LogP contribution in [-0.4, -0.2) is 49.8 Å². The molecule has 110 valence electrons. The van der Waals surface area contributed by atoms with Crippen molar-refractivity contribution >= 4 is 11.9 Å². The Morgan fingerprint density at radius 2 is 2.26 bits per heavy atom. The van der Waals surface area contributed by atoms with Crippen LogP contribution in [0.15, 0.2) is 0 Å². The number of aliphatic carboxylic acids is 1. The van der Waals surface area contributed by atoms with E-state index in [-0.39, 0.29) is 12.5 Å². The molecule has 2 unspecified atom stereocenters. The largest absolute Gasteiger partial charge is 0.479 e. The van der Waals surface area contributed by atoms with Gasteiger partial charge >= 0.3 is 5.97 Å². The summed E-state index contributed by atoms with van der Waals surface area (Å²) >= 11 is 0. The molecule has 2 atom stereocenters. The monoisotopic (exact) mass is 272 g/mol. The molecular formula is C13H24N2O4. The maximum atomic E-state index is 12.4. The van der Waals surface area contributed by atoms with Crippen LogP contribution in [0.25, 0.3) is 0 Å². The zero-order valence-electron chi connectivity index (χ0n) is 11.7. The molecule has 1 aliphatic rings. The SMILES string of the molecule is CCCC1(C(=O)NCC(OC)C(=O)O)CCCNC1. The molecule has 0 aromatic carbocycles. The fraction of sp³-hybridized carbons (Fsp3) is 0.846. The number of carboxylic acid groups (broad SMARTS) is 1. The molecule has 3 N–H and O–H groups in total. The molecule has 1 saturated heterocycles. The van der Waals surface area contributed by atoms with Gasteiger partial charge in [0.25, 0.3) is 0 Å². The average Bonchev–Trinajstić information content (AvgIpc) is 2.40. The van der Waals surface area contributed by atoms with Crippen molar-refractivity contribution in [3.05, 3.63) is 0 Å². The fourth-order valence-corrected chi connectivity index (χ4v) is 2.61. The summed E-state index contributed by atoms with van der Waals surface area (Å²) in [4.78, 5) is 23.2. The third-order valence-electron chi connectivity index (χ3n) is 3.69. The Hall–Kier alpha value is -1.14. The van der Waals surface area contributed by atoms with Gasteiger partial charge in [0, 0.05) is 13.7 Å². The zero-order valence-corrected chi connectivity index (χ0v) is 11.7. The van der Waals surface area contributed by atoms with Crippen molar-refractivity contribution in [3.63, 3.8) is 0 Å². The average molecular weight is 272 g/mol. The molecule has 19 heavy (non-hydrogen) atoms. The maximum Gasteiger partial charge on any atom is 0.334 e. The molecule has 1 aliphatic heterocycles. The van der Waals surface area contributed by atoms with Gasteiger partial charge in [-0.05, 0) is 25.8 Å². The van der Waals surface area contributed by atoms with Gasteiger partial charge in [0.2, 0.25) is 5.91 Å². The first-order valence-electron chi connectivity index (χ1n) is 6.80. The Kier molecular flexibility index (Phi) is 6.24. The van der Waals surface area contributed by atoms with E-state index in [9.17, 15) is 9.59 Å². The molecule has 0 spiro atoms. The molecule has 0 saturated carbocycles. The van der Waals surface area contributed by atoms with E-state index in [0.717, 1.165) is 32.2 Å². The predicted molar refractivity (Wildman–Crippen MR) is 70.9 cm³/mol. The maximum absolute atomic E-state index is 12.4. The van der Waals surface area contributed by atoms with E-state index in [0.29, 0.717) is 6.54 Å². The smallest absolute Gasteiger partial charge is 0.334 e. The zero-order chi connectivity index (χ0) is 14.3. The van der Waals surface area contributed by atoms with Crippen LogP contribution in [-0.2, 0) is 14.3 Å². The summed E-state index contributed by atoms with van der Waals surface area (Å²) in [5, 5.41) is 14.9. The first-order chi connectivity index (χ1) is 9.05. The van der Waals surface area contributed by atoms with Gasteiger partial charge in [-0.2, -0.15) is 0 Å². The van der Waals surface area contributed by atoms with Gasteiger partial charge < -0.3 is 20.5 Å². The number of carbonyl (C=O) groups excluding carboxylic acids is 1. The van der Waals surface area contributed by atoms with Crippen molar-refractivity contribution in [1.29, 1.82) is 0 Å². The number of carbonyl (C=O) groups is 2. The number of hydrogen-bond acceptors (Lipinski definition) is 4. The van der Waals surface area contributed by atoms with Gasteiger partial charge in [-0.25, -0.2) is 4.79 Å². The number of methoxy groups -OCH3 is 1. The number of ether oxygens (including phenoxy) is 1. The van der Waals surface area contributed by atoms with E-state index in [4.69, 9.17) is 9.84 Å². The third-order valence-corrected chi connectivity index (χ3v) is 3.69.